The molecule has 2 N–H and O–H groups in total. The number of alkyl halides is 3. The third-order valence-corrected chi connectivity index (χ3v) is 8.73. The van der Waals surface area contributed by atoms with Gasteiger partial charge in [-0.1, -0.05) is 19.9 Å². The van der Waals surface area contributed by atoms with Crippen molar-refractivity contribution < 1.29 is 37.6 Å². The van der Waals surface area contributed by atoms with Gasteiger partial charge in [0.25, 0.3) is 0 Å². The summed E-state index contributed by atoms with van der Waals surface area (Å²) >= 11 is 0. The van der Waals surface area contributed by atoms with Crippen molar-refractivity contribution >= 4 is 0 Å². The van der Waals surface area contributed by atoms with E-state index in [1.165, 1.54) is 12.3 Å². The van der Waals surface area contributed by atoms with Gasteiger partial charge in [-0.05, 0) is 36.3 Å². The van der Waals surface area contributed by atoms with E-state index in [0.717, 1.165) is 35.7 Å². The molecule has 3 unspecified atom stereocenters. The molecule has 10 heteroatoms. The molecule has 2 aromatic rings. The number of rotatable bonds is 2. The van der Waals surface area contributed by atoms with Gasteiger partial charge in [-0.15, -0.1) is 0 Å². The van der Waals surface area contributed by atoms with E-state index in [1.807, 2.05) is 13.8 Å². The van der Waals surface area contributed by atoms with Gasteiger partial charge < -0.3 is 24.4 Å². The molecule has 1 spiro atoms. The van der Waals surface area contributed by atoms with Crippen molar-refractivity contribution in [2.24, 2.45) is 5.41 Å². The zero-order valence-electron chi connectivity index (χ0n) is 21.6. The van der Waals surface area contributed by atoms with Crippen LogP contribution in [-0.2, 0) is 26.0 Å². The molecular weight excluding hydrogens is 501 g/mol. The van der Waals surface area contributed by atoms with E-state index in [-0.39, 0.29) is 5.92 Å². The first-order valence-electron chi connectivity index (χ1n) is 13.3. The molecule has 2 aromatic heterocycles. The number of hydrogen-bond donors (Lipinski definition) is 2. The van der Waals surface area contributed by atoms with Gasteiger partial charge in [0.1, 0.15) is 17.9 Å². The number of ether oxygens (including phenoxy) is 3. The first kappa shape index (κ1) is 26.1. The van der Waals surface area contributed by atoms with Crippen LogP contribution >= 0.6 is 0 Å². The zero-order valence-corrected chi connectivity index (χ0v) is 21.6. The first-order valence-corrected chi connectivity index (χ1v) is 13.3. The van der Waals surface area contributed by atoms with Gasteiger partial charge >= 0.3 is 6.18 Å². The predicted molar refractivity (Wildman–Crippen MR) is 129 cm³/mol. The number of fused-ring (bicyclic) bond motifs is 4. The van der Waals surface area contributed by atoms with Crippen LogP contribution in [0.3, 0.4) is 0 Å². The normalized spacial score (nSPS) is 28.8. The zero-order chi connectivity index (χ0) is 26.9. The monoisotopic (exact) mass is 534 g/mol. The number of hydrogen-bond acceptors (Lipinski definition) is 7. The minimum atomic E-state index is -4.55. The fraction of sp³-hybridized carbons (Fsp3) is 0.643. The van der Waals surface area contributed by atoms with Crippen molar-refractivity contribution in [3.8, 4) is 0 Å². The van der Waals surface area contributed by atoms with Crippen LogP contribution in [0.2, 0.25) is 0 Å². The van der Waals surface area contributed by atoms with Crippen molar-refractivity contribution in [2.75, 3.05) is 26.4 Å². The highest BCUT2D eigenvalue weighted by Gasteiger charge is 2.54. The lowest BCUT2D eigenvalue weighted by atomic mass is 9.68. The Morgan fingerprint density at radius 3 is 2.26 bits per heavy atom. The lowest BCUT2D eigenvalue weighted by molar-refractivity contribution is -0.141. The molecule has 5 heterocycles. The van der Waals surface area contributed by atoms with Crippen molar-refractivity contribution in [3.63, 3.8) is 0 Å². The van der Waals surface area contributed by atoms with Crippen molar-refractivity contribution in [3.05, 3.63) is 57.7 Å². The Balaban J connectivity index is 1.60. The number of nitrogens with zero attached hydrogens (tertiary/aromatic N) is 2. The predicted octanol–water partition coefficient (Wildman–Crippen LogP) is 5.01. The molecule has 2 fully saturated rings. The highest BCUT2D eigenvalue weighted by atomic mass is 19.4. The molecule has 4 aliphatic rings. The van der Waals surface area contributed by atoms with Crippen molar-refractivity contribution in [2.45, 2.75) is 82.0 Å². The summed E-state index contributed by atoms with van der Waals surface area (Å²) in [4.78, 5) is 8.79. The second-order valence-electron chi connectivity index (χ2n) is 11.7. The number of pyridine rings is 2. The summed E-state index contributed by atoms with van der Waals surface area (Å²) in [5.41, 5.74) is 1.64. The summed E-state index contributed by atoms with van der Waals surface area (Å²) in [6.45, 7) is 5.88. The maximum absolute atomic E-state index is 13.3. The standard InChI is InChI=1S/C28H33F3N2O5/c1-26(2)13-17(34)19-21-20(22(33-23(19)25(26)35)15-5-9-36-10-6-15)24(38-27(21)7-11-37-12-8-27)16-3-4-18(32-14-16)28(29,30)31/h3-4,14-15,17,24-25,34-35H,5-13H2,1-2H3. The van der Waals surface area contributed by atoms with E-state index in [4.69, 9.17) is 19.2 Å². The van der Waals surface area contributed by atoms with Gasteiger partial charge in [0, 0.05) is 68.1 Å². The summed E-state index contributed by atoms with van der Waals surface area (Å²) in [7, 11) is 0. The molecule has 7 nitrogen and oxygen atoms in total. The van der Waals surface area contributed by atoms with E-state index in [2.05, 4.69) is 4.98 Å². The van der Waals surface area contributed by atoms with Crippen LogP contribution in [0.5, 0.6) is 0 Å². The first-order chi connectivity index (χ1) is 18.0. The second-order valence-corrected chi connectivity index (χ2v) is 11.7. The Labute approximate surface area is 219 Å². The Kier molecular flexibility index (Phi) is 6.35. The van der Waals surface area contributed by atoms with Crippen molar-refractivity contribution in [1.82, 2.24) is 9.97 Å². The Hall–Kier alpha value is -2.11. The summed E-state index contributed by atoms with van der Waals surface area (Å²) in [5.74, 6) is 0.0284. The fourth-order valence-electron chi connectivity index (χ4n) is 6.69. The molecule has 206 valence electrons. The SMILES string of the molecule is CC1(C)CC(O)c2c(nc(C3CCOCC3)c3c2C2(CCOCC2)OC3c2ccc(C(F)(F)F)nc2)C1O. The minimum absolute atomic E-state index is 0.0284. The van der Waals surface area contributed by atoms with Gasteiger partial charge in [-0.25, -0.2) is 0 Å². The Morgan fingerprint density at radius 2 is 1.63 bits per heavy atom. The van der Waals surface area contributed by atoms with Crippen LogP contribution in [-0.4, -0.2) is 46.6 Å². The smallest absolute Gasteiger partial charge is 0.388 e. The number of aliphatic hydroxyl groups excluding tert-OH is 2. The Bertz CT molecular complexity index is 1200. The number of aromatic nitrogens is 2. The molecular formula is C28H33F3N2O5. The van der Waals surface area contributed by atoms with Crippen LogP contribution in [0.1, 0.15) is 110 Å². The molecule has 0 bridgehead atoms. The van der Waals surface area contributed by atoms with Gasteiger partial charge in [0.2, 0.25) is 0 Å². The summed E-state index contributed by atoms with van der Waals surface area (Å²) in [6, 6.07) is 2.40. The molecule has 0 radical (unpaired) electrons. The molecule has 3 aliphatic heterocycles. The third kappa shape index (κ3) is 4.16. The maximum Gasteiger partial charge on any atom is 0.433 e. The topological polar surface area (TPSA) is 93.9 Å². The quantitative estimate of drug-likeness (QED) is 0.559. The van der Waals surface area contributed by atoms with Gasteiger partial charge in [0.05, 0.1) is 23.1 Å². The molecule has 0 amide bonds. The Morgan fingerprint density at radius 1 is 0.947 bits per heavy atom. The fourth-order valence-corrected chi connectivity index (χ4v) is 6.69. The van der Waals surface area contributed by atoms with Gasteiger partial charge in [-0.3, -0.25) is 9.97 Å². The van der Waals surface area contributed by atoms with Gasteiger partial charge in [-0.2, -0.15) is 13.2 Å². The van der Waals surface area contributed by atoms with Gasteiger partial charge in [0.15, 0.2) is 0 Å². The highest BCUT2D eigenvalue weighted by Crippen LogP contribution is 2.59. The second kappa shape index (κ2) is 9.23. The van der Waals surface area contributed by atoms with E-state index in [9.17, 15) is 23.4 Å². The summed E-state index contributed by atoms with van der Waals surface area (Å²) in [6.07, 6.45) is -2.88. The molecule has 38 heavy (non-hydrogen) atoms. The number of aliphatic hydroxyl groups is 2. The van der Waals surface area contributed by atoms with Crippen LogP contribution in [0.25, 0.3) is 0 Å². The molecule has 0 aromatic carbocycles. The maximum atomic E-state index is 13.3. The van der Waals surface area contributed by atoms with Crippen LogP contribution < -0.4 is 0 Å². The lowest BCUT2D eigenvalue weighted by Gasteiger charge is -2.42. The van der Waals surface area contributed by atoms with E-state index in [1.54, 1.807) is 0 Å². The average Bonchev–Trinajstić information content (AvgIpc) is 3.21. The highest BCUT2D eigenvalue weighted by molar-refractivity contribution is 5.55. The molecule has 2 saturated heterocycles. The molecule has 6 rings (SSSR count). The van der Waals surface area contributed by atoms with E-state index >= 15 is 0 Å². The summed E-state index contributed by atoms with van der Waals surface area (Å²) in [5, 5.41) is 22.9. The molecule has 1 aliphatic carbocycles. The van der Waals surface area contributed by atoms with Crippen molar-refractivity contribution in [1.29, 1.82) is 0 Å². The average molecular weight is 535 g/mol. The number of halogens is 3. The summed E-state index contributed by atoms with van der Waals surface area (Å²) < 4.78 is 58.0. The van der Waals surface area contributed by atoms with Crippen LogP contribution in [0.4, 0.5) is 13.2 Å². The van der Waals surface area contributed by atoms with E-state index in [0.29, 0.717) is 62.5 Å². The van der Waals surface area contributed by atoms with Crippen LogP contribution in [0.15, 0.2) is 18.3 Å². The minimum Gasteiger partial charge on any atom is -0.388 e. The largest absolute Gasteiger partial charge is 0.433 e. The molecule has 3 atom stereocenters. The van der Waals surface area contributed by atoms with Crippen LogP contribution in [0, 0.1) is 5.41 Å². The molecule has 0 saturated carbocycles. The third-order valence-electron chi connectivity index (χ3n) is 8.73. The van der Waals surface area contributed by atoms with E-state index < -0.39 is 41.2 Å². The lowest BCUT2D eigenvalue weighted by Crippen LogP contribution is -2.38.